The molecule has 0 aromatic heterocycles. The standard InChI is InChI=1S/C8H9BrS/c1-6-3-2-4-7(5-10)8(6)9/h2-4,10H,5H2,1H3. The fourth-order valence-electron chi connectivity index (χ4n) is 0.830. The summed E-state index contributed by atoms with van der Waals surface area (Å²) in [5.74, 6) is 0.794. The fourth-order valence-corrected chi connectivity index (χ4v) is 1.72. The minimum Gasteiger partial charge on any atom is -0.175 e. The third-order valence-corrected chi connectivity index (χ3v) is 2.92. The molecule has 0 amide bonds. The summed E-state index contributed by atoms with van der Waals surface area (Å²) in [6, 6.07) is 6.20. The molecule has 0 fully saturated rings. The highest BCUT2D eigenvalue weighted by atomic mass is 79.9. The van der Waals surface area contributed by atoms with Gasteiger partial charge in [-0.05, 0) is 18.1 Å². The molecule has 0 radical (unpaired) electrons. The van der Waals surface area contributed by atoms with Crippen molar-refractivity contribution in [2.24, 2.45) is 0 Å². The molecule has 10 heavy (non-hydrogen) atoms. The van der Waals surface area contributed by atoms with Crippen molar-refractivity contribution >= 4 is 28.6 Å². The predicted octanol–water partition coefficient (Wildman–Crippen LogP) is 3.19. The van der Waals surface area contributed by atoms with Gasteiger partial charge in [-0.2, -0.15) is 12.6 Å². The maximum Gasteiger partial charge on any atom is 0.0244 e. The quantitative estimate of drug-likeness (QED) is 0.686. The van der Waals surface area contributed by atoms with Crippen molar-refractivity contribution in [2.45, 2.75) is 12.7 Å². The normalized spacial score (nSPS) is 9.90. The zero-order valence-electron chi connectivity index (χ0n) is 5.76. The Morgan fingerprint density at radius 3 is 2.70 bits per heavy atom. The van der Waals surface area contributed by atoms with E-state index in [1.165, 1.54) is 15.6 Å². The first-order valence-corrected chi connectivity index (χ1v) is 4.53. The monoisotopic (exact) mass is 216 g/mol. The van der Waals surface area contributed by atoms with E-state index in [9.17, 15) is 0 Å². The van der Waals surface area contributed by atoms with Crippen LogP contribution in [0.2, 0.25) is 0 Å². The molecule has 0 heterocycles. The molecule has 1 aromatic rings. The van der Waals surface area contributed by atoms with E-state index in [2.05, 4.69) is 47.6 Å². The zero-order valence-corrected chi connectivity index (χ0v) is 8.24. The Bertz CT molecular complexity index is 233. The summed E-state index contributed by atoms with van der Waals surface area (Å²) in [5, 5.41) is 0. The first-order chi connectivity index (χ1) is 4.75. The minimum atomic E-state index is 0.794. The molecule has 1 rings (SSSR count). The number of hydrogen-bond donors (Lipinski definition) is 1. The lowest BCUT2D eigenvalue weighted by Gasteiger charge is -2.02. The Balaban J connectivity index is 3.14. The molecule has 1 aromatic carbocycles. The third kappa shape index (κ3) is 1.55. The number of rotatable bonds is 1. The highest BCUT2D eigenvalue weighted by molar-refractivity contribution is 9.10. The lowest BCUT2D eigenvalue weighted by molar-refractivity contribution is 1.32. The summed E-state index contributed by atoms with van der Waals surface area (Å²) in [5.41, 5.74) is 2.52. The van der Waals surface area contributed by atoms with Gasteiger partial charge < -0.3 is 0 Å². The minimum absolute atomic E-state index is 0.794. The number of benzene rings is 1. The molecule has 0 saturated heterocycles. The van der Waals surface area contributed by atoms with Crippen molar-refractivity contribution in [2.75, 3.05) is 0 Å². The van der Waals surface area contributed by atoms with Crippen LogP contribution in [0.25, 0.3) is 0 Å². The van der Waals surface area contributed by atoms with E-state index in [0.29, 0.717) is 0 Å². The van der Waals surface area contributed by atoms with Gasteiger partial charge in [0.1, 0.15) is 0 Å². The van der Waals surface area contributed by atoms with Gasteiger partial charge in [-0.15, -0.1) is 0 Å². The highest BCUT2D eigenvalue weighted by Gasteiger charge is 1.97. The van der Waals surface area contributed by atoms with Crippen LogP contribution < -0.4 is 0 Å². The van der Waals surface area contributed by atoms with E-state index in [1.54, 1.807) is 0 Å². The maximum absolute atomic E-state index is 4.20. The summed E-state index contributed by atoms with van der Waals surface area (Å²) in [6.07, 6.45) is 0. The van der Waals surface area contributed by atoms with Gasteiger partial charge in [0.05, 0.1) is 0 Å². The Hall–Kier alpha value is 0.0500. The molecule has 0 N–H and O–H groups in total. The van der Waals surface area contributed by atoms with Crippen LogP contribution in [0.1, 0.15) is 11.1 Å². The molecule has 0 atom stereocenters. The summed E-state index contributed by atoms with van der Waals surface area (Å²) in [4.78, 5) is 0. The number of thiol groups is 1. The van der Waals surface area contributed by atoms with Crippen LogP contribution in [0, 0.1) is 6.92 Å². The van der Waals surface area contributed by atoms with Crippen LogP contribution in [0.5, 0.6) is 0 Å². The second kappa shape index (κ2) is 3.44. The molecular formula is C8H9BrS. The van der Waals surface area contributed by atoms with Gasteiger partial charge in [-0.25, -0.2) is 0 Å². The molecular weight excluding hydrogens is 208 g/mol. The summed E-state index contributed by atoms with van der Waals surface area (Å²) < 4.78 is 1.19. The van der Waals surface area contributed by atoms with Crippen LogP contribution in [-0.2, 0) is 5.75 Å². The first kappa shape index (κ1) is 8.15. The van der Waals surface area contributed by atoms with Gasteiger partial charge in [-0.3, -0.25) is 0 Å². The Morgan fingerprint density at radius 2 is 2.20 bits per heavy atom. The van der Waals surface area contributed by atoms with Crippen molar-refractivity contribution in [3.8, 4) is 0 Å². The SMILES string of the molecule is Cc1cccc(CS)c1Br. The number of hydrogen-bond acceptors (Lipinski definition) is 1. The maximum atomic E-state index is 4.20. The second-order valence-corrected chi connectivity index (χ2v) is 3.32. The van der Waals surface area contributed by atoms with Crippen LogP contribution in [0.15, 0.2) is 22.7 Å². The molecule has 0 nitrogen and oxygen atoms in total. The molecule has 0 unspecified atom stereocenters. The van der Waals surface area contributed by atoms with Gasteiger partial charge in [0, 0.05) is 10.2 Å². The van der Waals surface area contributed by atoms with Crippen molar-refractivity contribution in [1.82, 2.24) is 0 Å². The average molecular weight is 217 g/mol. The van der Waals surface area contributed by atoms with E-state index in [0.717, 1.165) is 5.75 Å². The topological polar surface area (TPSA) is 0 Å². The number of halogens is 1. The third-order valence-electron chi connectivity index (χ3n) is 1.44. The molecule has 0 spiro atoms. The van der Waals surface area contributed by atoms with Gasteiger partial charge in [-0.1, -0.05) is 34.1 Å². The Labute approximate surface area is 75.2 Å². The van der Waals surface area contributed by atoms with Crippen LogP contribution in [0.4, 0.5) is 0 Å². The van der Waals surface area contributed by atoms with E-state index >= 15 is 0 Å². The molecule has 0 aliphatic rings. The predicted molar refractivity (Wildman–Crippen MR) is 51.6 cm³/mol. The first-order valence-electron chi connectivity index (χ1n) is 3.10. The smallest absolute Gasteiger partial charge is 0.0244 e. The zero-order chi connectivity index (χ0) is 7.56. The fraction of sp³-hybridized carbons (Fsp3) is 0.250. The van der Waals surface area contributed by atoms with E-state index in [1.807, 2.05) is 6.07 Å². The molecule has 0 aliphatic heterocycles. The number of aryl methyl sites for hydroxylation is 1. The van der Waals surface area contributed by atoms with Crippen molar-refractivity contribution in [3.63, 3.8) is 0 Å². The summed E-state index contributed by atoms with van der Waals surface area (Å²) in [7, 11) is 0. The molecule has 54 valence electrons. The largest absolute Gasteiger partial charge is 0.175 e. The molecule has 0 saturated carbocycles. The van der Waals surface area contributed by atoms with Gasteiger partial charge in [0.25, 0.3) is 0 Å². The molecule has 0 bridgehead atoms. The van der Waals surface area contributed by atoms with Gasteiger partial charge in [0.2, 0.25) is 0 Å². The van der Waals surface area contributed by atoms with Gasteiger partial charge >= 0.3 is 0 Å². The average Bonchev–Trinajstić information content (AvgIpc) is 1.95. The summed E-state index contributed by atoms with van der Waals surface area (Å²) in [6.45, 7) is 2.08. The van der Waals surface area contributed by atoms with Crippen LogP contribution in [0.3, 0.4) is 0 Å². The van der Waals surface area contributed by atoms with Crippen LogP contribution in [-0.4, -0.2) is 0 Å². The van der Waals surface area contributed by atoms with Crippen molar-refractivity contribution in [3.05, 3.63) is 33.8 Å². The Kier molecular flexibility index (Phi) is 2.81. The van der Waals surface area contributed by atoms with E-state index in [4.69, 9.17) is 0 Å². The van der Waals surface area contributed by atoms with E-state index in [-0.39, 0.29) is 0 Å². The summed E-state index contributed by atoms with van der Waals surface area (Å²) >= 11 is 7.69. The van der Waals surface area contributed by atoms with Crippen molar-refractivity contribution < 1.29 is 0 Å². The molecule has 0 aliphatic carbocycles. The lowest BCUT2D eigenvalue weighted by Crippen LogP contribution is -1.82. The Morgan fingerprint density at radius 1 is 1.50 bits per heavy atom. The van der Waals surface area contributed by atoms with Gasteiger partial charge in [0.15, 0.2) is 0 Å². The molecule has 2 heteroatoms. The van der Waals surface area contributed by atoms with Crippen molar-refractivity contribution in [1.29, 1.82) is 0 Å². The van der Waals surface area contributed by atoms with E-state index < -0.39 is 0 Å². The highest BCUT2D eigenvalue weighted by Crippen LogP contribution is 2.21. The second-order valence-electron chi connectivity index (χ2n) is 2.21. The lowest BCUT2D eigenvalue weighted by atomic mass is 10.2. The van der Waals surface area contributed by atoms with Crippen LogP contribution >= 0.6 is 28.6 Å².